The van der Waals surface area contributed by atoms with Gasteiger partial charge < -0.3 is 0 Å². The zero-order chi connectivity index (χ0) is 10.8. The fourth-order valence-electron chi connectivity index (χ4n) is 1.37. The Morgan fingerprint density at radius 1 is 1.33 bits per heavy atom. The van der Waals surface area contributed by atoms with Crippen LogP contribution in [0.4, 0.5) is 0 Å². The van der Waals surface area contributed by atoms with E-state index in [1.807, 2.05) is 26.0 Å². The van der Waals surface area contributed by atoms with Crippen LogP contribution in [0.25, 0.3) is 5.69 Å². The van der Waals surface area contributed by atoms with Gasteiger partial charge in [-0.15, -0.1) is 10.2 Å². The summed E-state index contributed by atoms with van der Waals surface area (Å²) in [6.07, 6.45) is 2.55. The van der Waals surface area contributed by atoms with Gasteiger partial charge >= 0.3 is 0 Å². The first-order valence-electron chi connectivity index (χ1n) is 4.75. The van der Waals surface area contributed by atoms with Crippen LogP contribution >= 0.6 is 11.6 Å². The molecule has 0 fully saturated rings. The van der Waals surface area contributed by atoms with E-state index in [4.69, 9.17) is 11.6 Å². The van der Waals surface area contributed by atoms with Crippen LogP contribution in [-0.4, -0.2) is 19.7 Å². The van der Waals surface area contributed by atoms with Crippen molar-refractivity contribution in [1.29, 1.82) is 0 Å². The van der Waals surface area contributed by atoms with E-state index >= 15 is 0 Å². The first-order chi connectivity index (χ1) is 7.22. The maximum absolute atomic E-state index is 5.96. The van der Waals surface area contributed by atoms with Crippen LogP contribution in [-0.2, 0) is 6.42 Å². The van der Waals surface area contributed by atoms with Crippen LogP contribution in [0.1, 0.15) is 18.4 Å². The number of rotatable bonds is 2. The SMILES string of the molecule is CCc1nnc(Cl)n1-c1ccc(C)nc1. The van der Waals surface area contributed by atoms with Crippen molar-refractivity contribution >= 4 is 11.6 Å². The molecule has 0 unspecified atom stereocenters. The second-order valence-electron chi connectivity index (χ2n) is 3.23. The zero-order valence-corrected chi connectivity index (χ0v) is 9.36. The second-order valence-corrected chi connectivity index (χ2v) is 3.57. The first-order valence-corrected chi connectivity index (χ1v) is 5.13. The lowest BCUT2D eigenvalue weighted by molar-refractivity contribution is 0.878. The van der Waals surface area contributed by atoms with E-state index in [1.54, 1.807) is 10.8 Å². The average molecular weight is 223 g/mol. The normalized spacial score (nSPS) is 10.6. The predicted molar refractivity (Wildman–Crippen MR) is 58.3 cm³/mol. The maximum Gasteiger partial charge on any atom is 0.229 e. The second kappa shape index (κ2) is 3.98. The minimum Gasteiger partial charge on any atom is -0.268 e. The van der Waals surface area contributed by atoms with E-state index in [1.165, 1.54) is 0 Å². The summed E-state index contributed by atoms with van der Waals surface area (Å²) in [4.78, 5) is 4.22. The highest BCUT2D eigenvalue weighted by Crippen LogP contribution is 2.16. The monoisotopic (exact) mass is 222 g/mol. The van der Waals surface area contributed by atoms with Gasteiger partial charge in [0.2, 0.25) is 5.28 Å². The molecule has 2 rings (SSSR count). The van der Waals surface area contributed by atoms with Gasteiger partial charge in [0.05, 0.1) is 11.9 Å². The Labute approximate surface area is 92.9 Å². The van der Waals surface area contributed by atoms with Gasteiger partial charge in [-0.1, -0.05) is 6.92 Å². The fourth-order valence-corrected chi connectivity index (χ4v) is 1.60. The van der Waals surface area contributed by atoms with Gasteiger partial charge in [-0.25, -0.2) is 0 Å². The van der Waals surface area contributed by atoms with Gasteiger partial charge in [-0.05, 0) is 30.7 Å². The summed E-state index contributed by atoms with van der Waals surface area (Å²) in [6.45, 7) is 3.96. The third-order valence-corrected chi connectivity index (χ3v) is 2.41. The van der Waals surface area contributed by atoms with E-state index < -0.39 is 0 Å². The van der Waals surface area contributed by atoms with Crippen LogP contribution in [0.2, 0.25) is 5.28 Å². The topological polar surface area (TPSA) is 43.6 Å². The Hall–Kier alpha value is -1.42. The molecule has 5 heteroatoms. The van der Waals surface area contributed by atoms with Crippen LogP contribution in [0.3, 0.4) is 0 Å². The summed E-state index contributed by atoms with van der Waals surface area (Å²) in [5.74, 6) is 0.839. The van der Waals surface area contributed by atoms with Gasteiger partial charge in [0, 0.05) is 12.1 Å². The molecule has 0 aromatic carbocycles. The predicted octanol–water partition coefficient (Wildman–Crippen LogP) is 2.19. The third-order valence-electron chi connectivity index (χ3n) is 2.16. The third kappa shape index (κ3) is 1.85. The number of pyridine rings is 1. The smallest absolute Gasteiger partial charge is 0.229 e. The lowest BCUT2D eigenvalue weighted by atomic mass is 10.3. The number of halogens is 1. The van der Waals surface area contributed by atoms with Gasteiger partial charge in [0.25, 0.3) is 0 Å². The maximum atomic E-state index is 5.96. The molecule has 0 aliphatic rings. The number of hydrogen-bond acceptors (Lipinski definition) is 3. The lowest BCUT2D eigenvalue weighted by Crippen LogP contribution is -2.01. The Kier molecular flexibility index (Phi) is 2.68. The quantitative estimate of drug-likeness (QED) is 0.783. The van der Waals surface area contributed by atoms with E-state index in [0.717, 1.165) is 23.6 Å². The molecule has 0 radical (unpaired) electrons. The summed E-state index contributed by atoms with van der Waals surface area (Å²) >= 11 is 5.96. The van der Waals surface area contributed by atoms with Crippen molar-refractivity contribution in [2.24, 2.45) is 0 Å². The van der Waals surface area contributed by atoms with E-state index in [0.29, 0.717) is 5.28 Å². The van der Waals surface area contributed by atoms with E-state index in [-0.39, 0.29) is 0 Å². The minimum atomic E-state index is 0.373. The minimum absolute atomic E-state index is 0.373. The summed E-state index contributed by atoms with van der Waals surface area (Å²) in [7, 11) is 0. The van der Waals surface area contributed by atoms with E-state index in [9.17, 15) is 0 Å². The molecule has 2 aromatic heterocycles. The molecule has 15 heavy (non-hydrogen) atoms. The molecule has 2 aromatic rings. The molecular weight excluding hydrogens is 212 g/mol. The Balaban J connectivity index is 2.52. The standard InChI is InChI=1S/C10H11ClN4/c1-3-9-13-14-10(11)15(9)8-5-4-7(2)12-6-8/h4-6H,3H2,1-2H3. The molecule has 0 saturated heterocycles. The number of aromatic nitrogens is 4. The van der Waals surface area contributed by atoms with Crippen LogP contribution in [0, 0.1) is 6.92 Å². The molecule has 0 N–H and O–H groups in total. The largest absolute Gasteiger partial charge is 0.268 e. The summed E-state index contributed by atoms with van der Waals surface area (Å²) in [5.41, 5.74) is 1.87. The van der Waals surface area contributed by atoms with Gasteiger partial charge in [-0.3, -0.25) is 9.55 Å². The van der Waals surface area contributed by atoms with Crippen molar-refractivity contribution in [2.75, 3.05) is 0 Å². The molecule has 4 nitrogen and oxygen atoms in total. The van der Waals surface area contributed by atoms with Crippen LogP contribution in [0.15, 0.2) is 18.3 Å². The van der Waals surface area contributed by atoms with Crippen molar-refractivity contribution in [3.05, 3.63) is 35.1 Å². The molecule has 0 amide bonds. The zero-order valence-electron chi connectivity index (χ0n) is 8.61. The van der Waals surface area contributed by atoms with Crippen molar-refractivity contribution in [3.8, 4) is 5.69 Å². The molecular formula is C10H11ClN4. The highest BCUT2D eigenvalue weighted by atomic mass is 35.5. The summed E-state index contributed by atoms with van der Waals surface area (Å²) < 4.78 is 1.80. The van der Waals surface area contributed by atoms with Gasteiger partial charge in [0.15, 0.2) is 0 Å². The lowest BCUT2D eigenvalue weighted by Gasteiger charge is -2.05. The summed E-state index contributed by atoms with van der Waals surface area (Å²) in [5, 5.41) is 8.20. The Bertz CT molecular complexity index is 461. The summed E-state index contributed by atoms with van der Waals surface area (Å²) in [6, 6.07) is 3.89. The van der Waals surface area contributed by atoms with Crippen molar-refractivity contribution in [3.63, 3.8) is 0 Å². The Morgan fingerprint density at radius 2 is 2.13 bits per heavy atom. The number of nitrogens with zero attached hydrogens (tertiary/aromatic N) is 4. The fraction of sp³-hybridized carbons (Fsp3) is 0.300. The van der Waals surface area contributed by atoms with Gasteiger partial charge in [0.1, 0.15) is 5.82 Å². The van der Waals surface area contributed by atoms with Gasteiger partial charge in [-0.2, -0.15) is 0 Å². The first kappa shape index (κ1) is 10.1. The molecule has 0 bridgehead atoms. The molecule has 0 atom stereocenters. The van der Waals surface area contributed by atoms with Crippen LogP contribution in [0.5, 0.6) is 0 Å². The van der Waals surface area contributed by atoms with Crippen molar-refractivity contribution in [2.45, 2.75) is 20.3 Å². The number of hydrogen-bond donors (Lipinski definition) is 0. The molecule has 0 aliphatic heterocycles. The highest BCUT2D eigenvalue weighted by Gasteiger charge is 2.10. The molecule has 2 heterocycles. The highest BCUT2D eigenvalue weighted by molar-refractivity contribution is 6.28. The number of aryl methyl sites for hydroxylation is 2. The average Bonchev–Trinajstić information content (AvgIpc) is 2.61. The van der Waals surface area contributed by atoms with E-state index in [2.05, 4.69) is 15.2 Å². The molecule has 0 saturated carbocycles. The Morgan fingerprint density at radius 3 is 2.73 bits per heavy atom. The van der Waals surface area contributed by atoms with Crippen molar-refractivity contribution in [1.82, 2.24) is 19.7 Å². The van der Waals surface area contributed by atoms with Crippen LogP contribution < -0.4 is 0 Å². The van der Waals surface area contributed by atoms with Crippen molar-refractivity contribution < 1.29 is 0 Å². The molecule has 78 valence electrons. The molecule has 0 aliphatic carbocycles. The molecule has 0 spiro atoms.